The van der Waals surface area contributed by atoms with Crippen LogP contribution < -0.4 is 5.32 Å². The Hall–Kier alpha value is -1.41. The van der Waals surface area contributed by atoms with E-state index in [4.69, 9.17) is 0 Å². The minimum absolute atomic E-state index is 0.193. The first-order chi connectivity index (χ1) is 8.04. The Labute approximate surface area is 103 Å². The number of benzene rings is 1. The van der Waals surface area contributed by atoms with Crippen molar-refractivity contribution in [2.24, 2.45) is 0 Å². The van der Waals surface area contributed by atoms with Crippen molar-refractivity contribution < 1.29 is 0 Å². The predicted octanol–water partition coefficient (Wildman–Crippen LogP) is 3.17. The second kappa shape index (κ2) is 4.84. The third-order valence-corrected chi connectivity index (χ3v) is 2.74. The van der Waals surface area contributed by atoms with Crippen LogP contribution in [0.2, 0.25) is 0 Å². The molecule has 0 fully saturated rings. The van der Waals surface area contributed by atoms with Crippen LogP contribution in [-0.4, -0.2) is 17.1 Å². The topological polar surface area (TPSA) is 24.9 Å². The van der Waals surface area contributed by atoms with Gasteiger partial charge < -0.3 is 5.32 Å². The molecule has 0 unspecified atom stereocenters. The van der Waals surface area contributed by atoms with E-state index in [2.05, 4.69) is 55.3 Å². The fourth-order valence-electron chi connectivity index (χ4n) is 1.86. The molecule has 1 aromatic carbocycles. The lowest BCUT2D eigenvalue weighted by Gasteiger charge is -2.20. The molecule has 0 radical (unpaired) electrons. The van der Waals surface area contributed by atoms with Crippen LogP contribution in [0.25, 0.3) is 10.9 Å². The van der Waals surface area contributed by atoms with E-state index < -0.39 is 0 Å². The van der Waals surface area contributed by atoms with Gasteiger partial charge in [0.15, 0.2) is 0 Å². The van der Waals surface area contributed by atoms with Crippen molar-refractivity contribution in [3.63, 3.8) is 0 Å². The van der Waals surface area contributed by atoms with E-state index in [0.29, 0.717) is 0 Å². The molecule has 17 heavy (non-hydrogen) atoms. The summed E-state index contributed by atoms with van der Waals surface area (Å²) in [6.07, 6.45) is 2.89. The molecule has 0 aliphatic heterocycles. The Balaban J connectivity index is 2.04. The second-order valence-corrected chi connectivity index (χ2v) is 5.46. The summed E-state index contributed by atoms with van der Waals surface area (Å²) in [6.45, 7) is 7.58. The Kier molecular flexibility index (Phi) is 3.43. The Bertz CT molecular complexity index is 497. The maximum atomic E-state index is 4.33. The van der Waals surface area contributed by atoms with Crippen molar-refractivity contribution in [1.29, 1.82) is 0 Å². The molecular formula is C15H20N2. The Morgan fingerprint density at radius 1 is 1.18 bits per heavy atom. The van der Waals surface area contributed by atoms with Crippen molar-refractivity contribution >= 4 is 10.9 Å². The average Bonchev–Trinajstić information content (AvgIpc) is 2.27. The lowest BCUT2D eigenvalue weighted by atomic mass is 10.1. The smallest absolute Gasteiger partial charge is 0.0702 e. The van der Waals surface area contributed by atoms with E-state index in [1.807, 2.05) is 12.3 Å². The van der Waals surface area contributed by atoms with Gasteiger partial charge in [0.05, 0.1) is 5.52 Å². The van der Waals surface area contributed by atoms with E-state index in [-0.39, 0.29) is 5.54 Å². The van der Waals surface area contributed by atoms with Gasteiger partial charge in [-0.3, -0.25) is 4.98 Å². The zero-order valence-corrected chi connectivity index (χ0v) is 10.8. The highest BCUT2D eigenvalue weighted by Crippen LogP contribution is 2.13. The third-order valence-electron chi connectivity index (χ3n) is 2.74. The molecule has 2 nitrogen and oxygen atoms in total. The van der Waals surface area contributed by atoms with E-state index in [1.165, 1.54) is 10.9 Å². The molecular weight excluding hydrogens is 208 g/mol. The largest absolute Gasteiger partial charge is 0.312 e. The summed E-state index contributed by atoms with van der Waals surface area (Å²) in [7, 11) is 0. The molecule has 0 saturated heterocycles. The molecule has 0 amide bonds. The zero-order chi connectivity index (χ0) is 12.3. The van der Waals surface area contributed by atoms with Crippen LogP contribution in [0, 0.1) is 0 Å². The van der Waals surface area contributed by atoms with Gasteiger partial charge in [0.1, 0.15) is 0 Å². The summed E-state index contributed by atoms with van der Waals surface area (Å²) in [5.41, 5.74) is 2.63. The number of hydrogen-bond acceptors (Lipinski definition) is 2. The van der Waals surface area contributed by atoms with Gasteiger partial charge in [-0.1, -0.05) is 12.1 Å². The fraction of sp³-hybridized carbons (Fsp3) is 0.400. The maximum Gasteiger partial charge on any atom is 0.0702 e. The first-order valence-electron chi connectivity index (χ1n) is 6.13. The summed E-state index contributed by atoms with van der Waals surface area (Å²) in [6, 6.07) is 10.6. The van der Waals surface area contributed by atoms with Gasteiger partial charge in [-0.2, -0.15) is 0 Å². The first kappa shape index (κ1) is 12.1. The summed E-state index contributed by atoms with van der Waals surface area (Å²) in [5.74, 6) is 0. The molecule has 0 aliphatic carbocycles. The minimum atomic E-state index is 0.193. The van der Waals surface area contributed by atoms with Crippen LogP contribution in [0.15, 0.2) is 36.5 Å². The molecule has 0 saturated carbocycles. The normalized spacial score (nSPS) is 11.9. The molecule has 2 heteroatoms. The lowest BCUT2D eigenvalue weighted by molar-refractivity contribution is 0.429. The van der Waals surface area contributed by atoms with Gasteiger partial charge in [-0.05, 0) is 57.5 Å². The molecule has 0 bridgehead atoms. The number of rotatable bonds is 3. The van der Waals surface area contributed by atoms with Gasteiger partial charge in [0, 0.05) is 17.1 Å². The van der Waals surface area contributed by atoms with Crippen LogP contribution in [0.3, 0.4) is 0 Å². The zero-order valence-electron chi connectivity index (χ0n) is 10.8. The number of aromatic nitrogens is 1. The van der Waals surface area contributed by atoms with Gasteiger partial charge in [0.2, 0.25) is 0 Å². The van der Waals surface area contributed by atoms with Crippen molar-refractivity contribution in [2.75, 3.05) is 6.54 Å². The van der Waals surface area contributed by atoms with Crippen molar-refractivity contribution in [3.05, 3.63) is 42.1 Å². The second-order valence-electron chi connectivity index (χ2n) is 5.46. The lowest BCUT2D eigenvalue weighted by Crippen LogP contribution is -2.37. The molecule has 90 valence electrons. The van der Waals surface area contributed by atoms with Gasteiger partial charge >= 0.3 is 0 Å². The van der Waals surface area contributed by atoms with Crippen molar-refractivity contribution in [3.8, 4) is 0 Å². The van der Waals surface area contributed by atoms with E-state index in [9.17, 15) is 0 Å². The standard InChI is InChI=1S/C15H20N2/c1-15(2,3)17-10-8-12-6-7-14-13(11-12)5-4-9-16-14/h4-7,9,11,17H,8,10H2,1-3H3. The minimum Gasteiger partial charge on any atom is -0.312 e. The molecule has 2 aromatic rings. The molecule has 0 atom stereocenters. The van der Waals surface area contributed by atoms with Crippen molar-refractivity contribution in [1.82, 2.24) is 10.3 Å². The molecule has 2 rings (SSSR count). The number of fused-ring (bicyclic) bond motifs is 1. The highest BCUT2D eigenvalue weighted by atomic mass is 14.9. The molecule has 1 heterocycles. The van der Waals surface area contributed by atoms with Gasteiger partial charge in [0.25, 0.3) is 0 Å². The quantitative estimate of drug-likeness (QED) is 0.873. The summed E-state index contributed by atoms with van der Waals surface area (Å²) >= 11 is 0. The molecule has 0 aliphatic rings. The molecule has 0 spiro atoms. The summed E-state index contributed by atoms with van der Waals surface area (Å²) < 4.78 is 0. The third kappa shape index (κ3) is 3.53. The summed E-state index contributed by atoms with van der Waals surface area (Å²) in [4.78, 5) is 4.33. The van der Waals surface area contributed by atoms with E-state index in [1.54, 1.807) is 0 Å². The fourth-order valence-corrected chi connectivity index (χ4v) is 1.86. The van der Waals surface area contributed by atoms with Gasteiger partial charge in [-0.25, -0.2) is 0 Å². The van der Waals surface area contributed by atoms with Crippen LogP contribution in [-0.2, 0) is 6.42 Å². The summed E-state index contributed by atoms with van der Waals surface area (Å²) in [5, 5.41) is 4.73. The van der Waals surface area contributed by atoms with Crippen LogP contribution in [0.5, 0.6) is 0 Å². The predicted molar refractivity (Wildman–Crippen MR) is 73.2 cm³/mol. The van der Waals surface area contributed by atoms with E-state index >= 15 is 0 Å². The van der Waals surface area contributed by atoms with Crippen LogP contribution in [0.4, 0.5) is 0 Å². The first-order valence-corrected chi connectivity index (χ1v) is 6.13. The van der Waals surface area contributed by atoms with Crippen LogP contribution in [0.1, 0.15) is 26.3 Å². The van der Waals surface area contributed by atoms with Gasteiger partial charge in [-0.15, -0.1) is 0 Å². The number of pyridine rings is 1. The number of nitrogens with one attached hydrogen (secondary N) is 1. The Morgan fingerprint density at radius 2 is 2.00 bits per heavy atom. The number of nitrogens with zero attached hydrogens (tertiary/aromatic N) is 1. The Morgan fingerprint density at radius 3 is 2.76 bits per heavy atom. The average molecular weight is 228 g/mol. The van der Waals surface area contributed by atoms with E-state index in [0.717, 1.165) is 18.5 Å². The van der Waals surface area contributed by atoms with Crippen molar-refractivity contribution in [2.45, 2.75) is 32.7 Å². The SMILES string of the molecule is CC(C)(C)NCCc1ccc2ncccc2c1. The van der Waals surface area contributed by atoms with Crippen LogP contribution >= 0.6 is 0 Å². The monoisotopic (exact) mass is 228 g/mol. The highest BCUT2D eigenvalue weighted by Gasteiger charge is 2.07. The highest BCUT2D eigenvalue weighted by molar-refractivity contribution is 5.78. The maximum absolute atomic E-state index is 4.33. The number of hydrogen-bond donors (Lipinski definition) is 1. The molecule has 1 aromatic heterocycles. The molecule has 1 N–H and O–H groups in total.